The van der Waals surface area contributed by atoms with Gasteiger partial charge in [-0.2, -0.15) is 0 Å². The number of rotatable bonds is 2. The van der Waals surface area contributed by atoms with Gasteiger partial charge >= 0.3 is 0 Å². The van der Waals surface area contributed by atoms with Crippen molar-refractivity contribution in [1.29, 1.82) is 0 Å². The zero-order chi connectivity index (χ0) is 13.3. The molecule has 2 heterocycles. The molecule has 2 fully saturated rings. The van der Waals surface area contributed by atoms with E-state index in [0.717, 1.165) is 0 Å². The topological polar surface area (TPSA) is 102 Å². The van der Waals surface area contributed by atoms with Crippen LogP contribution in [0.2, 0.25) is 0 Å². The maximum absolute atomic E-state index is 12.3. The SMILES string of the molecule is CCC1C(=O)NC(=O)CN1C(=O)C1COCC1N. The Morgan fingerprint density at radius 2 is 2.22 bits per heavy atom. The average Bonchev–Trinajstić information content (AvgIpc) is 2.73. The van der Waals surface area contributed by atoms with Crippen molar-refractivity contribution in [2.45, 2.75) is 25.4 Å². The number of ether oxygens (including phenoxy) is 1. The van der Waals surface area contributed by atoms with E-state index in [9.17, 15) is 14.4 Å². The Bertz CT molecular complexity index is 384. The Hall–Kier alpha value is -1.47. The standard InChI is InChI=1S/C11H17N3O4/c1-2-8-10(16)13-9(15)3-14(8)11(17)6-4-18-5-7(6)12/h6-8H,2-5,12H2,1H3,(H,13,15,16). The van der Waals surface area contributed by atoms with Gasteiger partial charge in [0, 0.05) is 6.04 Å². The second-order valence-corrected chi connectivity index (χ2v) is 4.61. The van der Waals surface area contributed by atoms with Gasteiger partial charge in [-0.05, 0) is 6.42 Å². The summed E-state index contributed by atoms with van der Waals surface area (Å²) in [6.07, 6.45) is 0.466. The second kappa shape index (κ2) is 5.03. The van der Waals surface area contributed by atoms with Crippen LogP contribution in [0.5, 0.6) is 0 Å². The second-order valence-electron chi connectivity index (χ2n) is 4.61. The van der Waals surface area contributed by atoms with Gasteiger partial charge in [0.1, 0.15) is 12.6 Å². The predicted molar refractivity (Wildman–Crippen MR) is 61.2 cm³/mol. The summed E-state index contributed by atoms with van der Waals surface area (Å²) in [7, 11) is 0. The molecule has 0 radical (unpaired) electrons. The first-order valence-electron chi connectivity index (χ1n) is 6.02. The molecule has 0 aromatic rings. The van der Waals surface area contributed by atoms with Crippen molar-refractivity contribution in [3.63, 3.8) is 0 Å². The Morgan fingerprint density at radius 3 is 2.78 bits per heavy atom. The van der Waals surface area contributed by atoms with E-state index < -0.39 is 23.8 Å². The highest BCUT2D eigenvalue weighted by Crippen LogP contribution is 2.19. The normalized spacial score (nSPS) is 32.6. The monoisotopic (exact) mass is 255 g/mol. The number of hydrogen-bond donors (Lipinski definition) is 2. The fourth-order valence-corrected chi connectivity index (χ4v) is 2.34. The van der Waals surface area contributed by atoms with Gasteiger partial charge in [-0.3, -0.25) is 19.7 Å². The number of imide groups is 1. The number of carbonyl (C=O) groups excluding carboxylic acids is 3. The summed E-state index contributed by atoms with van der Waals surface area (Å²) in [5.74, 6) is -1.60. The zero-order valence-electron chi connectivity index (χ0n) is 10.2. The quantitative estimate of drug-likeness (QED) is 0.568. The van der Waals surface area contributed by atoms with Gasteiger partial charge < -0.3 is 15.4 Å². The summed E-state index contributed by atoms with van der Waals surface area (Å²) in [6, 6.07) is -0.960. The molecule has 3 atom stereocenters. The van der Waals surface area contributed by atoms with Gasteiger partial charge in [-0.15, -0.1) is 0 Å². The predicted octanol–water partition coefficient (Wildman–Crippen LogP) is -1.78. The molecular weight excluding hydrogens is 238 g/mol. The lowest BCUT2D eigenvalue weighted by molar-refractivity contribution is -0.152. The Balaban J connectivity index is 2.15. The summed E-state index contributed by atoms with van der Waals surface area (Å²) in [6.45, 7) is 2.29. The summed E-state index contributed by atoms with van der Waals surface area (Å²) >= 11 is 0. The van der Waals surface area contributed by atoms with Crippen molar-refractivity contribution < 1.29 is 19.1 Å². The lowest BCUT2D eigenvalue weighted by atomic mass is 10.00. The minimum absolute atomic E-state index is 0.0910. The summed E-state index contributed by atoms with van der Waals surface area (Å²) in [5, 5.41) is 2.23. The number of piperazine rings is 1. The third-order valence-electron chi connectivity index (χ3n) is 3.37. The number of nitrogens with zero attached hydrogens (tertiary/aromatic N) is 1. The first-order valence-corrected chi connectivity index (χ1v) is 6.02. The highest BCUT2D eigenvalue weighted by Gasteiger charge is 2.41. The van der Waals surface area contributed by atoms with E-state index in [1.54, 1.807) is 6.92 Å². The van der Waals surface area contributed by atoms with E-state index in [1.165, 1.54) is 4.90 Å². The molecule has 100 valence electrons. The van der Waals surface area contributed by atoms with Crippen LogP contribution in [-0.4, -0.2) is 54.5 Å². The van der Waals surface area contributed by atoms with Crippen LogP contribution in [-0.2, 0) is 19.1 Å². The molecule has 2 aliphatic heterocycles. The third kappa shape index (κ3) is 2.23. The van der Waals surface area contributed by atoms with Crippen molar-refractivity contribution in [3.05, 3.63) is 0 Å². The number of nitrogens with two attached hydrogens (primary N) is 1. The fourth-order valence-electron chi connectivity index (χ4n) is 2.34. The Morgan fingerprint density at radius 1 is 1.50 bits per heavy atom. The molecule has 0 aromatic heterocycles. The van der Waals surface area contributed by atoms with Crippen LogP contribution in [0.1, 0.15) is 13.3 Å². The van der Waals surface area contributed by atoms with Crippen LogP contribution in [0.3, 0.4) is 0 Å². The maximum atomic E-state index is 12.3. The summed E-state index contributed by atoms with van der Waals surface area (Å²) < 4.78 is 5.15. The van der Waals surface area contributed by atoms with Crippen LogP contribution in [0.4, 0.5) is 0 Å². The minimum atomic E-state index is -0.594. The molecule has 7 heteroatoms. The Kier molecular flexibility index (Phi) is 3.63. The minimum Gasteiger partial charge on any atom is -0.379 e. The molecule has 2 saturated heterocycles. The van der Waals surface area contributed by atoms with E-state index in [-0.39, 0.29) is 25.1 Å². The smallest absolute Gasteiger partial charge is 0.249 e. The van der Waals surface area contributed by atoms with Gasteiger partial charge in [0.25, 0.3) is 0 Å². The molecule has 2 aliphatic rings. The van der Waals surface area contributed by atoms with E-state index in [1.807, 2.05) is 0 Å². The first kappa shape index (κ1) is 13.0. The highest BCUT2D eigenvalue weighted by molar-refractivity contribution is 6.04. The molecular formula is C11H17N3O4. The van der Waals surface area contributed by atoms with Gasteiger partial charge in [0.2, 0.25) is 17.7 Å². The van der Waals surface area contributed by atoms with E-state index in [0.29, 0.717) is 13.0 Å². The molecule has 0 aliphatic carbocycles. The van der Waals surface area contributed by atoms with Crippen LogP contribution in [0.25, 0.3) is 0 Å². The van der Waals surface area contributed by atoms with Gasteiger partial charge in [-0.25, -0.2) is 0 Å². The van der Waals surface area contributed by atoms with E-state index in [4.69, 9.17) is 10.5 Å². The largest absolute Gasteiger partial charge is 0.379 e. The van der Waals surface area contributed by atoms with Crippen LogP contribution >= 0.6 is 0 Å². The number of carbonyl (C=O) groups is 3. The average molecular weight is 255 g/mol. The maximum Gasteiger partial charge on any atom is 0.249 e. The van der Waals surface area contributed by atoms with E-state index >= 15 is 0 Å². The van der Waals surface area contributed by atoms with Crippen molar-refractivity contribution >= 4 is 17.7 Å². The number of amides is 3. The van der Waals surface area contributed by atoms with Crippen LogP contribution in [0, 0.1) is 5.92 Å². The highest BCUT2D eigenvalue weighted by atomic mass is 16.5. The zero-order valence-corrected chi connectivity index (χ0v) is 10.2. The van der Waals surface area contributed by atoms with Crippen molar-refractivity contribution in [3.8, 4) is 0 Å². The molecule has 0 bridgehead atoms. The van der Waals surface area contributed by atoms with Gasteiger partial charge in [0.15, 0.2) is 0 Å². The molecule has 7 nitrogen and oxygen atoms in total. The summed E-state index contributed by atoms with van der Waals surface area (Å²) in [4.78, 5) is 36.6. The first-order chi connectivity index (χ1) is 8.54. The lowest BCUT2D eigenvalue weighted by Gasteiger charge is -2.35. The molecule has 18 heavy (non-hydrogen) atoms. The van der Waals surface area contributed by atoms with Gasteiger partial charge in [0.05, 0.1) is 19.1 Å². The molecule has 0 aromatic carbocycles. The van der Waals surface area contributed by atoms with Crippen LogP contribution < -0.4 is 11.1 Å². The molecule has 3 N–H and O–H groups in total. The Labute approximate surface area is 105 Å². The van der Waals surface area contributed by atoms with Gasteiger partial charge in [-0.1, -0.05) is 6.92 Å². The van der Waals surface area contributed by atoms with Crippen LogP contribution in [0.15, 0.2) is 0 Å². The van der Waals surface area contributed by atoms with Crippen molar-refractivity contribution in [2.75, 3.05) is 19.8 Å². The summed E-state index contributed by atoms with van der Waals surface area (Å²) in [5.41, 5.74) is 5.78. The van der Waals surface area contributed by atoms with Crippen molar-refractivity contribution in [2.24, 2.45) is 11.7 Å². The fraction of sp³-hybridized carbons (Fsp3) is 0.727. The molecule has 2 rings (SSSR count). The lowest BCUT2D eigenvalue weighted by Crippen LogP contribution is -2.61. The number of hydrogen-bond acceptors (Lipinski definition) is 5. The van der Waals surface area contributed by atoms with Crippen molar-refractivity contribution in [1.82, 2.24) is 10.2 Å². The molecule has 3 unspecified atom stereocenters. The molecule has 0 saturated carbocycles. The molecule has 0 spiro atoms. The molecule has 3 amide bonds. The third-order valence-corrected chi connectivity index (χ3v) is 3.37. The number of nitrogens with one attached hydrogen (secondary N) is 1. The van der Waals surface area contributed by atoms with E-state index in [2.05, 4.69) is 5.32 Å².